The van der Waals surface area contributed by atoms with Crippen molar-refractivity contribution in [2.75, 3.05) is 7.11 Å². The Kier molecular flexibility index (Phi) is 5.52. The highest BCUT2D eigenvalue weighted by molar-refractivity contribution is 5.87. The largest absolute Gasteiger partial charge is 0.497 e. The molecule has 1 aromatic rings. The number of aliphatic carboxylic acids is 2. The molecule has 0 spiro atoms. The lowest BCUT2D eigenvalue weighted by Gasteiger charge is -2.12. The van der Waals surface area contributed by atoms with Gasteiger partial charge < -0.3 is 20.3 Å². The second-order valence-corrected chi connectivity index (χ2v) is 4.08. The molecule has 7 nitrogen and oxygen atoms in total. The Bertz CT molecular complexity index is 496. The van der Waals surface area contributed by atoms with Crippen LogP contribution in [-0.4, -0.2) is 41.2 Å². The smallest absolute Gasteiger partial charge is 0.326 e. The molecule has 0 saturated heterocycles. The van der Waals surface area contributed by atoms with E-state index in [1.165, 1.54) is 7.11 Å². The highest BCUT2D eigenvalue weighted by Crippen LogP contribution is 2.11. The maximum Gasteiger partial charge on any atom is 0.326 e. The quantitative estimate of drug-likeness (QED) is 0.661. The first-order valence-corrected chi connectivity index (χ1v) is 5.79. The number of carboxylic acid groups (broad SMARTS) is 2. The van der Waals surface area contributed by atoms with E-state index in [1.807, 2.05) is 0 Å². The molecule has 20 heavy (non-hydrogen) atoms. The van der Waals surface area contributed by atoms with Crippen molar-refractivity contribution < 1.29 is 29.3 Å². The number of carboxylic acids is 2. The molecule has 0 fully saturated rings. The van der Waals surface area contributed by atoms with Gasteiger partial charge in [-0.2, -0.15) is 0 Å². The highest BCUT2D eigenvalue weighted by atomic mass is 16.5. The van der Waals surface area contributed by atoms with E-state index in [-0.39, 0.29) is 6.42 Å². The topological polar surface area (TPSA) is 113 Å². The number of nitrogens with one attached hydrogen (secondary N) is 1. The first-order chi connectivity index (χ1) is 9.42. The van der Waals surface area contributed by atoms with E-state index in [9.17, 15) is 14.4 Å². The SMILES string of the molecule is COc1ccc(CC(=O)NC(CC(=O)O)C(=O)O)cc1. The predicted octanol–water partition coefficient (Wildman–Crippen LogP) is 0.282. The van der Waals surface area contributed by atoms with Crippen LogP contribution in [-0.2, 0) is 20.8 Å². The Morgan fingerprint density at radius 3 is 2.25 bits per heavy atom. The summed E-state index contributed by atoms with van der Waals surface area (Å²) in [6.45, 7) is 0. The molecular formula is C13H15NO6. The van der Waals surface area contributed by atoms with Crippen LogP contribution in [0.1, 0.15) is 12.0 Å². The fraction of sp³-hybridized carbons (Fsp3) is 0.308. The summed E-state index contributed by atoms with van der Waals surface area (Å²) in [6.07, 6.45) is -0.697. The van der Waals surface area contributed by atoms with Crippen LogP contribution in [0, 0.1) is 0 Å². The molecule has 0 saturated carbocycles. The van der Waals surface area contributed by atoms with E-state index >= 15 is 0 Å². The van der Waals surface area contributed by atoms with E-state index in [0.717, 1.165) is 0 Å². The van der Waals surface area contributed by atoms with Gasteiger partial charge in [0.05, 0.1) is 20.0 Å². The standard InChI is InChI=1S/C13H15NO6/c1-20-9-4-2-8(3-5-9)6-11(15)14-10(13(18)19)7-12(16)17/h2-5,10H,6-7H2,1H3,(H,14,15)(H,16,17)(H,18,19). The third-order valence-corrected chi connectivity index (χ3v) is 2.54. The molecule has 3 N–H and O–H groups in total. The molecule has 108 valence electrons. The third-order valence-electron chi connectivity index (χ3n) is 2.54. The van der Waals surface area contributed by atoms with Crippen LogP contribution < -0.4 is 10.1 Å². The Labute approximate surface area is 115 Å². The van der Waals surface area contributed by atoms with Crippen molar-refractivity contribution in [1.29, 1.82) is 0 Å². The van der Waals surface area contributed by atoms with E-state index in [0.29, 0.717) is 11.3 Å². The first kappa shape index (κ1) is 15.5. The van der Waals surface area contributed by atoms with Crippen LogP contribution in [0.3, 0.4) is 0 Å². The maximum atomic E-state index is 11.7. The molecule has 0 aliphatic rings. The van der Waals surface area contributed by atoms with Crippen molar-refractivity contribution in [3.05, 3.63) is 29.8 Å². The second kappa shape index (κ2) is 7.13. The number of hydrogen-bond donors (Lipinski definition) is 3. The van der Waals surface area contributed by atoms with Crippen LogP contribution in [0.4, 0.5) is 0 Å². The van der Waals surface area contributed by atoms with Crippen molar-refractivity contribution in [3.63, 3.8) is 0 Å². The van der Waals surface area contributed by atoms with E-state index in [1.54, 1.807) is 24.3 Å². The first-order valence-electron chi connectivity index (χ1n) is 5.79. The molecule has 1 amide bonds. The maximum absolute atomic E-state index is 11.7. The van der Waals surface area contributed by atoms with Crippen LogP contribution >= 0.6 is 0 Å². The van der Waals surface area contributed by atoms with Crippen LogP contribution in [0.15, 0.2) is 24.3 Å². The van der Waals surface area contributed by atoms with Gasteiger partial charge in [0.2, 0.25) is 5.91 Å². The van der Waals surface area contributed by atoms with E-state index in [2.05, 4.69) is 5.32 Å². The number of rotatable bonds is 7. The summed E-state index contributed by atoms with van der Waals surface area (Å²) in [7, 11) is 1.52. The Morgan fingerprint density at radius 2 is 1.80 bits per heavy atom. The van der Waals surface area contributed by atoms with Gasteiger partial charge in [-0.05, 0) is 17.7 Å². The summed E-state index contributed by atoms with van der Waals surface area (Å²) in [5.74, 6) is -2.58. The van der Waals surface area contributed by atoms with Gasteiger partial charge in [-0.1, -0.05) is 12.1 Å². The summed E-state index contributed by atoms with van der Waals surface area (Å²) in [4.78, 5) is 33.0. The molecule has 7 heteroatoms. The van der Waals surface area contributed by atoms with E-state index in [4.69, 9.17) is 14.9 Å². The average molecular weight is 281 g/mol. The van der Waals surface area contributed by atoms with Crippen molar-refractivity contribution in [2.24, 2.45) is 0 Å². The van der Waals surface area contributed by atoms with Gasteiger partial charge in [0.15, 0.2) is 0 Å². The number of carbonyl (C=O) groups excluding carboxylic acids is 1. The number of hydrogen-bond acceptors (Lipinski definition) is 4. The fourth-order valence-electron chi connectivity index (χ4n) is 1.55. The fourth-order valence-corrected chi connectivity index (χ4v) is 1.55. The van der Waals surface area contributed by atoms with Gasteiger partial charge in [0.25, 0.3) is 0 Å². The van der Waals surface area contributed by atoms with Gasteiger partial charge in [-0.25, -0.2) is 4.79 Å². The molecule has 1 unspecified atom stereocenters. The lowest BCUT2D eigenvalue weighted by Crippen LogP contribution is -2.42. The molecular weight excluding hydrogens is 266 g/mol. The molecule has 0 aromatic heterocycles. The van der Waals surface area contributed by atoms with Gasteiger partial charge >= 0.3 is 11.9 Å². The number of ether oxygens (including phenoxy) is 1. The Balaban J connectivity index is 2.60. The zero-order valence-electron chi connectivity index (χ0n) is 10.8. The van der Waals surface area contributed by atoms with Crippen LogP contribution in [0.5, 0.6) is 5.75 Å². The number of amides is 1. The molecule has 0 heterocycles. The molecule has 1 aromatic carbocycles. The van der Waals surface area contributed by atoms with Gasteiger partial charge in [0.1, 0.15) is 11.8 Å². The number of methoxy groups -OCH3 is 1. The minimum atomic E-state index is -1.43. The van der Waals surface area contributed by atoms with Crippen molar-refractivity contribution in [1.82, 2.24) is 5.32 Å². The van der Waals surface area contributed by atoms with Crippen molar-refractivity contribution >= 4 is 17.8 Å². The second-order valence-electron chi connectivity index (χ2n) is 4.08. The summed E-state index contributed by atoms with van der Waals surface area (Å²) < 4.78 is 4.97. The summed E-state index contributed by atoms with van der Waals surface area (Å²) in [5.41, 5.74) is 0.669. The number of benzene rings is 1. The minimum Gasteiger partial charge on any atom is -0.497 e. The van der Waals surface area contributed by atoms with Crippen molar-refractivity contribution in [2.45, 2.75) is 18.9 Å². The zero-order chi connectivity index (χ0) is 15.1. The monoisotopic (exact) mass is 281 g/mol. The zero-order valence-corrected chi connectivity index (χ0v) is 10.8. The molecule has 1 rings (SSSR count). The lowest BCUT2D eigenvalue weighted by molar-refractivity contribution is -0.147. The molecule has 1 atom stereocenters. The van der Waals surface area contributed by atoms with Gasteiger partial charge in [-0.3, -0.25) is 9.59 Å². The summed E-state index contributed by atoms with van der Waals surface area (Å²) >= 11 is 0. The van der Waals surface area contributed by atoms with E-state index < -0.39 is 30.3 Å². The Hall–Kier alpha value is -2.57. The molecule has 0 aliphatic carbocycles. The van der Waals surface area contributed by atoms with Crippen LogP contribution in [0.2, 0.25) is 0 Å². The summed E-state index contributed by atoms with van der Waals surface area (Å²) in [6, 6.07) is 5.26. The molecule has 0 bridgehead atoms. The third kappa shape index (κ3) is 4.97. The Morgan fingerprint density at radius 1 is 1.20 bits per heavy atom. The van der Waals surface area contributed by atoms with Gasteiger partial charge in [-0.15, -0.1) is 0 Å². The number of carbonyl (C=O) groups is 3. The predicted molar refractivity (Wildman–Crippen MR) is 68.5 cm³/mol. The van der Waals surface area contributed by atoms with Crippen LogP contribution in [0.25, 0.3) is 0 Å². The molecule has 0 radical (unpaired) electrons. The van der Waals surface area contributed by atoms with Gasteiger partial charge in [0, 0.05) is 0 Å². The summed E-state index contributed by atoms with van der Waals surface area (Å²) in [5, 5.41) is 19.5. The normalized spacial score (nSPS) is 11.4. The average Bonchev–Trinajstić information content (AvgIpc) is 2.38. The molecule has 0 aliphatic heterocycles. The minimum absolute atomic E-state index is 0.0343. The highest BCUT2D eigenvalue weighted by Gasteiger charge is 2.22. The van der Waals surface area contributed by atoms with Crippen molar-refractivity contribution in [3.8, 4) is 5.75 Å². The lowest BCUT2D eigenvalue weighted by atomic mass is 10.1.